The fourth-order valence-corrected chi connectivity index (χ4v) is 2.31. The van der Waals surface area contributed by atoms with Crippen molar-refractivity contribution in [3.05, 3.63) is 28.3 Å². The number of benzene rings is 1. The Hall–Kier alpha value is -1.59. The number of hydrogen-bond donors (Lipinski definition) is 3. The SMILES string of the molecule is Cc1cc(C)c(NC(=O)C(=O)NCCCCCO)c(Cl)c1. The summed E-state index contributed by atoms with van der Waals surface area (Å²) in [5.41, 5.74) is 2.26. The highest BCUT2D eigenvalue weighted by molar-refractivity contribution is 6.41. The average Bonchev–Trinajstić information content (AvgIpc) is 2.42. The van der Waals surface area contributed by atoms with Crippen LogP contribution < -0.4 is 10.6 Å². The first-order valence-corrected chi connectivity index (χ1v) is 7.30. The highest BCUT2D eigenvalue weighted by Gasteiger charge is 2.16. The lowest BCUT2D eigenvalue weighted by Gasteiger charge is -2.11. The normalized spacial score (nSPS) is 10.3. The second kappa shape index (κ2) is 8.64. The van der Waals surface area contributed by atoms with E-state index in [1.54, 1.807) is 6.07 Å². The number of halogens is 1. The van der Waals surface area contributed by atoms with Gasteiger partial charge in [-0.25, -0.2) is 0 Å². The molecular weight excluding hydrogens is 292 g/mol. The summed E-state index contributed by atoms with van der Waals surface area (Å²) in [5.74, 6) is -1.42. The lowest BCUT2D eigenvalue weighted by Crippen LogP contribution is -2.36. The van der Waals surface area contributed by atoms with E-state index in [0.717, 1.165) is 24.0 Å². The van der Waals surface area contributed by atoms with Crippen LogP contribution in [0.3, 0.4) is 0 Å². The Morgan fingerprint density at radius 3 is 2.48 bits per heavy atom. The van der Waals surface area contributed by atoms with Gasteiger partial charge in [-0.2, -0.15) is 0 Å². The molecule has 1 aromatic rings. The van der Waals surface area contributed by atoms with Crippen LogP contribution in [-0.2, 0) is 9.59 Å². The lowest BCUT2D eigenvalue weighted by atomic mass is 10.1. The fourth-order valence-electron chi connectivity index (χ4n) is 1.94. The van der Waals surface area contributed by atoms with E-state index in [2.05, 4.69) is 10.6 Å². The standard InChI is InChI=1S/C15H21ClN2O3/c1-10-8-11(2)13(12(16)9-10)18-15(21)14(20)17-6-4-3-5-7-19/h8-9,19H,3-7H2,1-2H3,(H,17,20)(H,18,21). The third-order valence-corrected chi connectivity index (χ3v) is 3.30. The highest BCUT2D eigenvalue weighted by atomic mass is 35.5. The molecule has 3 N–H and O–H groups in total. The molecule has 0 bridgehead atoms. The Balaban J connectivity index is 2.51. The number of nitrogens with one attached hydrogen (secondary N) is 2. The molecule has 0 aliphatic heterocycles. The van der Waals surface area contributed by atoms with E-state index in [1.165, 1.54) is 0 Å². The number of anilines is 1. The van der Waals surface area contributed by atoms with Gasteiger partial charge in [0.2, 0.25) is 0 Å². The zero-order valence-electron chi connectivity index (χ0n) is 12.3. The molecule has 0 unspecified atom stereocenters. The number of carbonyl (C=O) groups excluding carboxylic acids is 2. The summed E-state index contributed by atoms with van der Waals surface area (Å²) in [6.45, 7) is 4.28. The molecule has 0 saturated carbocycles. The maximum Gasteiger partial charge on any atom is 0.313 e. The largest absolute Gasteiger partial charge is 0.396 e. The van der Waals surface area contributed by atoms with Gasteiger partial charge in [-0.3, -0.25) is 9.59 Å². The van der Waals surface area contributed by atoms with Gasteiger partial charge in [0.15, 0.2) is 0 Å². The van der Waals surface area contributed by atoms with Crippen LogP contribution in [0, 0.1) is 13.8 Å². The molecule has 0 aromatic heterocycles. The van der Waals surface area contributed by atoms with Crippen molar-refractivity contribution in [2.45, 2.75) is 33.1 Å². The molecule has 0 aliphatic rings. The van der Waals surface area contributed by atoms with Gasteiger partial charge in [0.1, 0.15) is 0 Å². The van der Waals surface area contributed by atoms with Crippen LogP contribution in [0.4, 0.5) is 5.69 Å². The number of unbranched alkanes of at least 4 members (excludes halogenated alkanes) is 2. The van der Waals surface area contributed by atoms with Crippen molar-refractivity contribution in [3.8, 4) is 0 Å². The Morgan fingerprint density at radius 1 is 1.14 bits per heavy atom. The first-order valence-electron chi connectivity index (χ1n) is 6.92. The van der Waals surface area contributed by atoms with Crippen LogP contribution in [0.25, 0.3) is 0 Å². The predicted octanol–water partition coefficient (Wildman–Crippen LogP) is 2.17. The lowest BCUT2D eigenvalue weighted by molar-refractivity contribution is -0.136. The van der Waals surface area contributed by atoms with Crippen molar-refractivity contribution in [2.75, 3.05) is 18.5 Å². The molecule has 0 heterocycles. The first kappa shape index (κ1) is 17.5. The summed E-state index contributed by atoms with van der Waals surface area (Å²) in [7, 11) is 0. The molecule has 1 aromatic carbocycles. The molecule has 116 valence electrons. The van der Waals surface area contributed by atoms with Gasteiger partial charge in [0.25, 0.3) is 0 Å². The van der Waals surface area contributed by atoms with Crippen LogP contribution >= 0.6 is 11.6 Å². The Labute approximate surface area is 129 Å². The van der Waals surface area contributed by atoms with Gasteiger partial charge in [0.05, 0.1) is 10.7 Å². The third-order valence-electron chi connectivity index (χ3n) is 3.00. The van der Waals surface area contributed by atoms with Crippen molar-refractivity contribution < 1.29 is 14.7 Å². The summed E-state index contributed by atoms with van der Waals surface area (Å²) in [5, 5.41) is 14.1. The minimum atomic E-state index is -0.731. The molecule has 0 spiro atoms. The first-order chi connectivity index (χ1) is 9.95. The van der Waals surface area contributed by atoms with Gasteiger partial charge in [-0.15, -0.1) is 0 Å². The minimum Gasteiger partial charge on any atom is -0.396 e. The third kappa shape index (κ3) is 5.73. The highest BCUT2D eigenvalue weighted by Crippen LogP contribution is 2.27. The van der Waals surface area contributed by atoms with Crippen molar-refractivity contribution in [2.24, 2.45) is 0 Å². The van der Waals surface area contributed by atoms with E-state index >= 15 is 0 Å². The van der Waals surface area contributed by atoms with Gasteiger partial charge in [-0.1, -0.05) is 17.7 Å². The van der Waals surface area contributed by atoms with Crippen molar-refractivity contribution in [1.29, 1.82) is 0 Å². The van der Waals surface area contributed by atoms with E-state index < -0.39 is 11.8 Å². The van der Waals surface area contributed by atoms with Crippen LogP contribution in [0.15, 0.2) is 12.1 Å². The van der Waals surface area contributed by atoms with E-state index in [4.69, 9.17) is 16.7 Å². The van der Waals surface area contributed by atoms with Crippen LogP contribution in [0.5, 0.6) is 0 Å². The quantitative estimate of drug-likeness (QED) is 0.556. The fraction of sp³-hybridized carbons (Fsp3) is 0.467. The van der Waals surface area contributed by atoms with E-state index in [0.29, 0.717) is 23.7 Å². The Kier molecular flexibility index (Phi) is 7.19. The molecule has 6 heteroatoms. The molecule has 21 heavy (non-hydrogen) atoms. The molecule has 0 saturated heterocycles. The predicted molar refractivity (Wildman–Crippen MR) is 83.5 cm³/mol. The molecule has 5 nitrogen and oxygen atoms in total. The molecule has 0 aliphatic carbocycles. The van der Waals surface area contributed by atoms with E-state index in [1.807, 2.05) is 19.9 Å². The zero-order chi connectivity index (χ0) is 15.8. The van der Waals surface area contributed by atoms with Crippen LogP contribution in [0.1, 0.15) is 30.4 Å². The Morgan fingerprint density at radius 2 is 1.86 bits per heavy atom. The van der Waals surface area contributed by atoms with Crippen LogP contribution in [-0.4, -0.2) is 30.1 Å². The maximum absolute atomic E-state index is 11.8. The second-order valence-electron chi connectivity index (χ2n) is 4.93. The zero-order valence-corrected chi connectivity index (χ0v) is 13.1. The monoisotopic (exact) mass is 312 g/mol. The number of carbonyl (C=O) groups is 2. The molecule has 1 rings (SSSR count). The molecule has 2 amide bonds. The smallest absolute Gasteiger partial charge is 0.313 e. The maximum atomic E-state index is 11.8. The summed E-state index contributed by atoms with van der Waals surface area (Å²) in [6, 6.07) is 3.62. The van der Waals surface area contributed by atoms with E-state index in [-0.39, 0.29) is 6.61 Å². The number of amides is 2. The number of aliphatic hydroxyl groups is 1. The van der Waals surface area contributed by atoms with Gasteiger partial charge in [-0.05, 0) is 50.3 Å². The summed E-state index contributed by atoms with van der Waals surface area (Å²) >= 11 is 6.08. The van der Waals surface area contributed by atoms with E-state index in [9.17, 15) is 9.59 Å². The second-order valence-corrected chi connectivity index (χ2v) is 5.34. The summed E-state index contributed by atoms with van der Waals surface area (Å²) in [6.07, 6.45) is 2.23. The number of hydrogen-bond acceptors (Lipinski definition) is 3. The van der Waals surface area contributed by atoms with Crippen LogP contribution in [0.2, 0.25) is 5.02 Å². The molecule has 0 radical (unpaired) electrons. The molecule has 0 atom stereocenters. The number of rotatable bonds is 6. The summed E-state index contributed by atoms with van der Waals surface area (Å²) < 4.78 is 0. The van der Waals surface area contributed by atoms with Crippen molar-refractivity contribution in [1.82, 2.24) is 5.32 Å². The topological polar surface area (TPSA) is 78.4 Å². The Bertz CT molecular complexity index is 495. The number of aliphatic hydroxyl groups excluding tert-OH is 1. The van der Waals surface area contributed by atoms with Gasteiger partial charge >= 0.3 is 11.8 Å². The summed E-state index contributed by atoms with van der Waals surface area (Å²) in [4.78, 5) is 23.5. The number of aryl methyl sites for hydroxylation is 2. The minimum absolute atomic E-state index is 0.139. The van der Waals surface area contributed by atoms with Crippen molar-refractivity contribution >= 4 is 29.1 Å². The van der Waals surface area contributed by atoms with Gasteiger partial charge in [0, 0.05) is 13.2 Å². The van der Waals surface area contributed by atoms with Crippen molar-refractivity contribution in [3.63, 3.8) is 0 Å². The molecule has 0 fully saturated rings. The average molecular weight is 313 g/mol. The van der Waals surface area contributed by atoms with Gasteiger partial charge < -0.3 is 15.7 Å². The molecular formula is C15H21ClN2O3.